The molecule has 0 N–H and O–H groups in total. The van der Waals surface area contributed by atoms with Gasteiger partial charge in [0.05, 0.1) is 20.4 Å². The number of hydrogen-bond acceptors (Lipinski definition) is 8. The molecule has 40 heavy (non-hydrogen) atoms. The van der Waals surface area contributed by atoms with Gasteiger partial charge in [0, 0.05) is 13.6 Å². The van der Waals surface area contributed by atoms with E-state index in [1.807, 2.05) is 6.08 Å². The van der Waals surface area contributed by atoms with Crippen LogP contribution in [0.3, 0.4) is 0 Å². The second-order valence-corrected chi connectivity index (χ2v) is 12.3. The number of allylic oxidation sites excluding steroid dienone is 1. The van der Waals surface area contributed by atoms with Crippen molar-refractivity contribution < 1.29 is 22.1 Å². The first-order valence-corrected chi connectivity index (χ1v) is 14.3. The average molecular weight is 565 g/mol. The lowest BCUT2D eigenvalue weighted by atomic mass is 9.87. The highest BCUT2D eigenvalue weighted by molar-refractivity contribution is 7.87. The number of benzene rings is 2. The first kappa shape index (κ1) is 27.4. The largest absolute Gasteiger partial charge is 0.493 e. The summed E-state index contributed by atoms with van der Waals surface area (Å²) in [5.74, 6) is 0.891. The van der Waals surface area contributed by atoms with E-state index in [0.29, 0.717) is 35.4 Å². The van der Waals surface area contributed by atoms with Crippen LogP contribution in [-0.2, 0) is 29.1 Å². The predicted molar refractivity (Wildman–Crippen MR) is 152 cm³/mol. The van der Waals surface area contributed by atoms with Crippen molar-refractivity contribution in [3.05, 3.63) is 69.9 Å². The van der Waals surface area contributed by atoms with Crippen molar-refractivity contribution in [2.45, 2.75) is 50.5 Å². The Morgan fingerprint density at radius 2 is 1.68 bits per heavy atom. The fourth-order valence-electron chi connectivity index (χ4n) is 4.79. The lowest BCUT2D eigenvalue weighted by Gasteiger charge is -2.21. The molecule has 10 nitrogen and oxygen atoms in total. The summed E-state index contributed by atoms with van der Waals surface area (Å²) in [5.41, 5.74) is 2.81. The average Bonchev–Trinajstić information content (AvgIpc) is 3.30. The molecule has 1 aliphatic heterocycles. The minimum absolute atomic E-state index is 0.0209. The molecule has 3 heterocycles. The van der Waals surface area contributed by atoms with Gasteiger partial charge in [0.1, 0.15) is 16.1 Å². The van der Waals surface area contributed by atoms with Gasteiger partial charge in [-0.3, -0.25) is 14.0 Å². The van der Waals surface area contributed by atoms with Gasteiger partial charge in [-0.15, -0.1) is 0 Å². The Balaban J connectivity index is 1.54. The number of ether oxygens (including phenoxy) is 2. The molecule has 210 valence electrons. The van der Waals surface area contributed by atoms with Crippen LogP contribution in [0.2, 0.25) is 0 Å². The highest BCUT2D eigenvalue weighted by Crippen LogP contribution is 2.41. The van der Waals surface area contributed by atoms with Crippen molar-refractivity contribution in [3.8, 4) is 17.2 Å². The maximum Gasteiger partial charge on any atom is 0.339 e. The lowest BCUT2D eigenvalue weighted by molar-refractivity contribution is 0.360. The first-order chi connectivity index (χ1) is 18.9. The maximum atomic E-state index is 13.2. The van der Waals surface area contributed by atoms with Crippen LogP contribution in [-0.4, -0.2) is 42.0 Å². The third-order valence-corrected chi connectivity index (χ3v) is 8.23. The molecule has 0 atom stereocenters. The Morgan fingerprint density at radius 1 is 1.02 bits per heavy atom. The smallest absolute Gasteiger partial charge is 0.339 e. The van der Waals surface area contributed by atoms with E-state index in [2.05, 4.69) is 25.9 Å². The van der Waals surface area contributed by atoms with Gasteiger partial charge in [-0.05, 0) is 65.3 Å². The van der Waals surface area contributed by atoms with Gasteiger partial charge in [-0.2, -0.15) is 13.5 Å². The van der Waals surface area contributed by atoms with Gasteiger partial charge in [-0.1, -0.05) is 32.9 Å². The van der Waals surface area contributed by atoms with Crippen molar-refractivity contribution in [2.24, 2.45) is 7.05 Å². The monoisotopic (exact) mass is 564 g/mol. The highest BCUT2D eigenvalue weighted by atomic mass is 32.2. The van der Waals surface area contributed by atoms with Crippen LogP contribution in [0.4, 0.5) is 0 Å². The molecule has 5 rings (SSSR count). The summed E-state index contributed by atoms with van der Waals surface area (Å²) in [6.45, 7) is 6.73. The van der Waals surface area contributed by atoms with Crippen LogP contribution in [0.1, 0.15) is 50.6 Å². The van der Waals surface area contributed by atoms with Crippen LogP contribution in [0.5, 0.6) is 17.2 Å². The summed E-state index contributed by atoms with van der Waals surface area (Å²) < 4.78 is 46.3. The second-order valence-electron chi connectivity index (χ2n) is 10.7. The number of methoxy groups -OCH3 is 2. The first-order valence-electron chi connectivity index (χ1n) is 12.9. The van der Waals surface area contributed by atoms with E-state index in [9.17, 15) is 13.2 Å². The zero-order valence-electron chi connectivity index (χ0n) is 23.4. The van der Waals surface area contributed by atoms with Crippen LogP contribution >= 0.6 is 0 Å². The molecule has 0 radical (unpaired) electrons. The van der Waals surface area contributed by atoms with Gasteiger partial charge in [0.15, 0.2) is 17.1 Å². The van der Waals surface area contributed by atoms with E-state index in [1.54, 1.807) is 40.6 Å². The van der Waals surface area contributed by atoms with Gasteiger partial charge < -0.3 is 13.7 Å². The summed E-state index contributed by atoms with van der Waals surface area (Å²) in [4.78, 5) is 17.8. The SMILES string of the molecule is COc1cc(/C=C2\CCCn3c2nc2c(cnn2C)c3=O)cc(OC)c1OS(=O)(=O)c1ccc(C(C)(C)C)cc1. The van der Waals surface area contributed by atoms with E-state index in [-0.39, 0.29) is 33.1 Å². The fraction of sp³-hybridized carbons (Fsp3) is 0.345. The van der Waals surface area contributed by atoms with Crippen LogP contribution in [0.25, 0.3) is 22.7 Å². The van der Waals surface area contributed by atoms with Crippen LogP contribution in [0.15, 0.2) is 52.3 Å². The molecule has 0 bridgehead atoms. The molecular formula is C29H32N4O6S. The summed E-state index contributed by atoms with van der Waals surface area (Å²) >= 11 is 0. The Kier molecular flexibility index (Phi) is 6.95. The summed E-state index contributed by atoms with van der Waals surface area (Å²) in [7, 11) is 0.433. The molecule has 0 saturated heterocycles. The Hall–Kier alpha value is -4.12. The molecule has 11 heteroatoms. The molecule has 0 saturated carbocycles. The number of rotatable bonds is 6. The summed E-state index contributed by atoms with van der Waals surface area (Å²) in [6, 6.07) is 9.96. The minimum Gasteiger partial charge on any atom is -0.493 e. The third-order valence-electron chi connectivity index (χ3n) is 6.99. The van der Waals surface area contributed by atoms with Gasteiger partial charge in [0.2, 0.25) is 5.75 Å². The van der Waals surface area contributed by atoms with Gasteiger partial charge >= 0.3 is 10.1 Å². The molecule has 0 unspecified atom stereocenters. The predicted octanol–water partition coefficient (Wildman–Crippen LogP) is 4.55. The fourth-order valence-corrected chi connectivity index (χ4v) is 5.74. The van der Waals surface area contributed by atoms with Crippen molar-refractivity contribution in [3.63, 3.8) is 0 Å². The number of aryl methyl sites for hydroxylation is 1. The number of hydrogen-bond donors (Lipinski definition) is 0. The molecule has 0 amide bonds. The van der Waals surface area contributed by atoms with Crippen molar-refractivity contribution >= 4 is 32.8 Å². The lowest BCUT2D eigenvalue weighted by Crippen LogP contribution is -2.27. The molecule has 1 aliphatic rings. The third kappa shape index (κ3) is 4.97. The molecule has 4 aromatic rings. The van der Waals surface area contributed by atoms with Crippen LogP contribution in [0, 0.1) is 0 Å². The van der Waals surface area contributed by atoms with Crippen molar-refractivity contribution in [1.82, 2.24) is 19.3 Å². The normalized spacial score (nSPS) is 14.8. The van der Waals surface area contributed by atoms with Crippen molar-refractivity contribution in [2.75, 3.05) is 14.2 Å². The van der Waals surface area contributed by atoms with E-state index in [0.717, 1.165) is 17.6 Å². The van der Waals surface area contributed by atoms with Crippen molar-refractivity contribution in [1.29, 1.82) is 0 Å². The molecule has 2 aromatic carbocycles. The van der Waals surface area contributed by atoms with E-state index in [1.165, 1.54) is 32.5 Å². The maximum absolute atomic E-state index is 13.2. The van der Waals surface area contributed by atoms with Crippen LogP contribution < -0.4 is 19.2 Å². The zero-order chi connectivity index (χ0) is 28.8. The second kappa shape index (κ2) is 10.1. The van der Waals surface area contributed by atoms with E-state index < -0.39 is 10.1 Å². The molecule has 0 spiro atoms. The number of fused-ring (bicyclic) bond motifs is 2. The number of aromatic nitrogens is 4. The van der Waals surface area contributed by atoms with E-state index in [4.69, 9.17) is 18.6 Å². The van der Waals surface area contributed by atoms with Gasteiger partial charge in [0.25, 0.3) is 5.56 Å². The minimum atomic E-state index is -4.18. The molecule has 2 aromatic heterocycles. The van der Waals surface area contributed by atoms with E-state index >= 15 is 0 Å². The molecular weight excluding hydrogens is 532 g/mol. The quantitative estimate of drug-likeness (QED) is 0.314. The Bertz CT molecular complexity index is 1770. The topological polar surface area (TPSA) is 115 Å². The Labute approximate surface area is 233 Å². The molecule has 0 aliphatic carbocycles. The Morgan fingerprint density at radius 3 is 2.27 bits per heavy atom. The summed E-state index contributed by atoms with van der Waals surface area (Å²) in [6.07, 6.45) is 4.91. The highest BCUT2D eigenvalue weighted by Gasteiger charge is 2.25. The summed E-state index contributed by atoms with van der Waals surface area (Å²) in [5, 5.41) is 4.66. The standard InChI is InChI=1S/C29H32N4O6S/c1-29(2,3)20-9-11-21(12-10-20)40(35,36)39-25-23(37-5)15-18(16-24(25)38-6)14-19-8-7-13-33-26(19)31-27-22(28(33)34)17-30-32(27)4/h9-12,14-17H,7-8,13H2,1-6H3/b19-14+. The zero-order valence-corrected chi connectivity index (χ0v) is 24.2. The number of nitrogens with zero attached hydrogens (tertiary/aromatic N) is 4. The molecule has 0 fully saturated rings. The van der Waals surface area contributed by atoms with Gasteiger partial charge in [-0.25, -0.2) is 4.98 Å².